The lowest BCUT2D eigenvalue weighted by molar-refractivity contribution is -0.0545. The van der Waals surface area contributed by atoms with E-state index >= 15 is 0 Å². The van der Waals surface area contributed by atoms with Crippen LogP contribution in [0.4, 0.5) is 0 Å². The second kappa shape index (κ2) is 5.50. The van der Waals surface area contributed by atoms with E-state index in [1.165, 1.54) is 38.5 Å². The van der Waals surface area contributed by atoms with E-state index in [1.54, 1.807) is 0 Å². The first-order valence-electron chi connectivity index (χ1n) is 7.01. The standard InChI is InChI=1S/C14H27NO/c1-10-7-11(2)9-12(8-10)16-14-6-4-5-13(14)15-3/h10-15H,4-9H2,1-3H3. The molecule has 4 atom stereocenters. The Bertz CT molecular complexity index is 209. The Balaban J connectivity index is 1.84. The van der Waals surface area contributed by atoms with Crippen molar-refractivity contribution in [3.05, 3.63) is 0 Å². The Labute approximate surface area is 100 Å². The van der Waals surface area contributed by atoms with Gasteiger partial charge in [-0.15, -0.1) is 0 Å². The van der Waals surface area contributed by atoms with Gasteiger partial charge in [0, 0.05) is 6.04 Å². The molecule has 2 nitrogen and oxygen atoms in total. The molecule has 2 fully saturated rings. The molecule has 0 aromatic rings. The average molecular weight is 225 g/mol. The highest BCUT2D eigenvalue weighted by atomic mass is 16.5. The molecular weight excluding hydrogens is 198 g/mol. The summed E-state index contributed by atoms with van der Waals surface area (Å²) in [5.41, 5.74) is 0. The van der Waals surface area contributed by atoms with Crippen LogP contribution in [0.5, 0.6) is 0 Å². The fraction of sp³-hybridized carbons (Fsp3) is 1.00. The summed E-state index contributed by atoms with van der Waals surface area (Å²) >= 11 is 0. The van der Waals surface area contributed by atoms with Crippen LogP contribution < -0.4 is 5.32 Å². The summed E-state index contributed by atoms with van der Waals surface area (Å²) in [5, 5.41) is 3.40. The molecule has 16 heavy (non-hydrogen) atoms. The van der Waals surface area contributed by atoms with Gasteiger partial charge in [-0.1, -0.05) is 13.8 Å². The maximum atomic E-state index is 6.33. The number of ether oxygens (including phenoxy) is 1. The molecule has 2 rings (SSSR count). The summed E-state index contributed by atoms with van der Waals surface area (Å²) in [7, 11) is 2.07. The fourth-order valence-electron chi connectivity index (χ4n) is 3.65. The Morgan fingerprint density at radius 2 is 1.69 bits per heavy atom. The molecule has 0 amide bonds. The zero-order chi connectivity index (χ0) is 11.5. The summed E-state index contributed by atoms with van der Waals surface area (Å²) < 4.78 is 6.33. The quantitative estimate of drug-likeness (QED) is 0.797. The van der Waals surface area contributed by atoms with Crippen LogP contribution in [0, 0.1) is 11.8 Å². The number of likely N-dealkylation sites (N-methyl/N-ethyl adjacent to an activating group) is 1. The SMILES string of the molecule is CNC1CCCC1OC1CC(C)CC(C)C1. The molecule has 4 unspecified atom stereocenters. The van der Waals surface area contributed by atoms with Gasteiger partial charge in [0.25, 0.3) is 0 Å². The van der Waals surface area contributed by atoms with Crippen LogP contribution in [-0.2, 0) is 4.74 Å². The van der Waals surface area contributed by atoms with Crippen LogP contribution in [0.25, 0.3) is 0 Å². The largest absolute Gasteiger partial charge is 0.373 e. The normalized spacial score (nSPS) is 44.8. The van der Waals surface area contributed by atoms with Gasteiger partial charge in [0.15, 0.2) is 0 Å². The van der Waals surface area contributed by atoms with Crippen molar-refractivity contribution in [2.24, 2.45) is 11.8 Å². The molecule has 2 aliphatic carbocycles. The van der Waals surface area contributed by atoms with Crippen molar-refractivity contribution in [2.45, 2.75) is 70.6 Å². The average Bonchev–Trinajstić information content (AvgIpc) is 2.63. The number of hydrogen-bond acceptors (Lipinski definition) is 2. The predicted octanol–water partition coefficient (Wildman–Crippen LogP) is 2.97. The molecule has 0 bridgehead atoms. The van der Waals surface area contributed by atoms with Gasteiger partial charge in [0.05, 0.1) is 12.2 Å². The minimum Gasteiger partial charge on any atom is -0.373 e. The highest BCUT2D eigenvalue weighted by Crippen LogP contribution is 2.33. The minimum atomic E-state index is 0.479. The zero-order valence-electron chi connectivity index (χ0n) is 11.0. The van der Waals surface area contributed by atoms with Gasteiger partial charge in [0.2, 0.25) is 0 Å². The lowest BCUT2D eigenvalue weighted by atomic mass is 9.81. The van der Waals surface area contributed by atoms with Gasteiger partial charge >= 0.3 is 0 Å². The van der Waals surface area contributed by atoms with Crippen molar-refractivity contribution < 1.29 is 4.74 Å². The van der Waals surface area contributed by atoms with Crippen molar-refractivity contribution in [1.29, 1.82) is 0 Å². The first-order chi connectivity index (χ1) is 7.69. The minimum absolute atomic E-state index is 0.479. The Hall–Kier alpha value is -0.0800. The Morgan fingerprint density at radius 3 is 2.31 bits per heavy atom. The van der Waals surface area contributed by atoms with E-state index in [-0.39, 0.29) is 0 Å². The first kappa shape index (κ1) is 12.4. The van der Waals surface area contributed by atoms with E-state index in [2.05, 4.69) is 26.2 Å². The molecule has 0 saturated heterocycles. The van der Waals surface area contributed by atoms with Crippen LogP contribution in [0.15, 0.2) is 0 Å². The molecule has 2 saturated carbocycles. The predicted molar refractivity (Wildman–Crippen MR) is 67.5 cm³/mol. The molecule has 0 radical (unpaired) electrons. The van der Waals surface area contributed by atoms with Gasteiger partial charge in [-0.05, 0) is 57.4 Å². The third-order valence-electron chi connectivity index (χ3n) is 4.33. The first-order valence-corrected chi connectivity index (χ1v) is 7.01. The van der Waals surface area contributed by atoms with Gasteiger partial charge in [-0.2, -0.15) is 0 Å². The molecule has 0 spiro atoms. The molecule has 2 heteroatoms. The molecule has 1 N–H and O–H groups in total. The molecule has 2 aliphatic rings. The molecule has 0 aromatic heterocycles. The van der Waals surface area contributed by atoms with E-state index in [9.17, 15) is 0 Å². The van der Waals surface area contributed by atoms with Crippen molar-refractivity contribution in [3.63, 3.8) is 0 Å². The van der Waals surface area contributed by atoms with Gasteiger partial charge in [-0.3, -0.25) is 0 Å². The summed E-state index contributed by atoms with van der Waals surface area (Å²) in [4.78, 5) is 0. The smallest absolute Gasteiger partial charge is 0.0731 e. The maximum Gasteiger partial charge on any atom is 0.0731 e. The molecule has 0 aliphatic heterocycles. The molecule has 0 heterocycles. The maximum absolute atomic E-state index is 6.33. The second-order valence-corrected chi connectivity index (χ2v) is 6.04. The topological polar surface area (TPSA) is 21.3 Å². The van der Waals surface area contributed by atoms with Gasteiger partial charge in [-0.25, -0.2) is 0 Å². The third-order valence-corrected chi connectivity index (χ3v) is 4.33. The fourth-order valence-corrected chi connectivity index (χ4v) is 3.65. The second-order valence-electron chi connectivity index (χ2n) is 6.04. The van der Waals surface area contributed by atoms with E-state index in [0.717, 1.165) is 11.8 Å². The lowest BCUT2D eigenvalue weighted by Gasteiger charge is -2.34. The van der Waals surface area contributed by atoms with E-state index < -0.39 is 0 Å². The van der Waals surface area contributed by atoms with Crippen molar-refractivity contribution in [2.75, 3.05) is 7.05 Å². The van der Waals surface area contributed by atoms with Crippen molar-refractivity contribution in [3.8, 4) is 0 Å². The molecule has 0 aromatic carbocycles. The molecular formula is C14H27NO. The van der Waals surface area contributed by atoms with E-state index in [0.29, 0.717) is 18.2 Å². The van der Waals surface area contributed by atoms with Crippen LogP contribution in [0.3, 0.4) is 0 Å². The number of nitrogens with one attached hydrogen (secondary N) is 1. The van der Waals surface area contributed by atoms with Crippen LogP contribution >= 0.6 is 0 Å². The van der Waals surface area contributed by atoms with E-state index in [1.807, 2.05) is 0 Å². The zero-order valence-corrected chi connectivity index (χ0v) is 11.0. The van der Waals surface area contributed by atoms with Crippen LogP contribution in [0.1, 0.15) is 52.4 Å². The summed E-state index contributed by atoms with van der Waals surface area (Å²) in [5.74, 6) is 1.70. The summed E-state index contributed by atoms with van der Waals surface area (Å²) in [6, 6.07) is 0.604. The van der Waals surface area contributed by atoms with Crippen LogP contribution in [0.2, 0.25) is 0 Å². The Kier molecular flexibility index (Phi) is 4.26. The van der Waals surface area contributed by atoms with E-state index in [4.69, 9.17) is 4.74 Å². The van der Waals surface area contributed by atoms with Crippen LogP contribution in [-0.4, -0.2) is 25.3 Å². The highest BCUT2D eigenvalue weighted by Gasteiger charge is 2.32. The van der Waals surface area contributed by atoms with Crippen molar-refractivity contribution in [1.82, 2.24) is 5.32 Å². The lowest BCUT2D eigenvalue weighted by Crippen LogP contribution is -2.39. The van der Waals surface area contributed by atoms with Crippen molar-refractivity contribution >= 4 is 0 Å². The highest BCUT2D eigenvalue weighted by molar-refractivity contribution is 4.85. The number of hydrogen-bond donors (Lipinski definition) is 1. The summed E-state index contributed by atoms with van der Waals surface area (Å²) in [6.45, 7) is 4.74. The number of rotatable bonds is 3. The van der Waals surface area contributed by atoms with Gasteiger partial charge < -0.3 is 10.1 Å². The summed E-state index contributed by atoms with van der Waals surface area (Å²) in [6.07, 6.45) is 8.82. The monoisotopic (exact) mass is 225 g/mol. The Morgan fingerprint density at radius 1 is 1.00 bits per heavy atom. The van der Waals surface area contributed by atoms with Gasteiger partial charge in [0.1, 0.15) is 0 Å². The third kappa shape index (κ3) is 2.98. The molecule has 94 valence electrons.